The molecular weight excluding hydrogens is 212 g/mol. The van der Waals surface area contributed by atoms with E-state index in [1.165, 1.54) is 0 Å². The van der Waals surface area contributed by atoms with Crippen LogP contribution in [-0.2, 0) is 4.79 Å². The van der Waals surface area contributed by atoms with Crippen LogP contribution in [0.4, 0.5) is 0 Å². The first-order valence-corrected chi connectivity index (χ1v) is 6.38. The molecule has 2 nitrogen and oxygen atoms in total. The molecule has 0 aliphatic carbocycles. The standard InChI is InChI=1S/C15H22O2/c1-4-12(5-2)10-14(15(16)17)13-9-7-6-8-11(13)3/h6-9,12,14H,4-5,10H2,1-3H3,(H,16,17). The van der Waals surface area contributed by atoms with Gasteiger partial charge in [0.1, 0.15) is 0 Å². The van der Waals surface area contributed by atoms with E-state index >= 15 is 0 Å². The molecule has 0 saturated heterocycles. The topological polar surface area (TPSA) is 37.3 Å². The molecule has 0 aromatic heterocycles. The third-order valence-corrected chi connectivity index (χ3v) is 3.59. The molecule has 1 unspecified atom stereocenters. The highest BCUT2D eigenvalue weighted by Crippen LogP contribution is 2.29. The lowest BCUT2D eigenvalue weighted by Crippen LogP contribution is -2.16. The SMILES string of the molecule is CCC(CC)CC(C(=O)O)c1ccccc1C. The fourth-order valence-electron chi connectivity index (χ4n) is 2.29. The Balaban J connectivity index is 2.94. The van der Waals surface area contributed by atoms with Crippen LogP contribution in [0.25, 0.3) is 0 Å². The Hall–Kier alpha value is -1.31. The summed E-state index contributed by atoms with van der Waals surface area (Å²) in [5, 5.41) is 9.39. The summed E-state index contributed by atoms with van der Waals surface area (Å²) in [6.45, 7) is 6.24. The van der Waals surface area contributed by atoms with E-state index in [2.05, 4.69) is 13.8 Å². The van der Waals surface area contributed by atoms with Crippen molar-refractivity contribution in [1.29, 1.82) is 0 Å². The van der Waals surface area contributed by atoms with E-state index in [0.29, 0.717) is 5.92 Å². The zero-order valence-corrected chi connectivity index (χ0v) is 10.9. The van der Waals surface area contributed by atoms with Gasteiger partial charge in [-0.2, -0.15) is 0 Å². The zero-order valence-electron chi connectivity index (χ0n) is 10.9. The van der Waals surface area contributed by atoms with Crippen molar-refractivity contribution in [3.05, 3.63) is 35.4 Å². The molecule has 1 aromatic rings. The van der Waals surface area contributed by atoms with Gasteiger partial charge < -0.3 is 5.11 Å². The van der Waals surface area contributed by atoms with Gasteiger partial charge >= 0.3 is 5.97 Å². The van der Waals surface area contributed by atoms with Crippen molar-refractivity contribution >= 4 is 5.97 Å². The maximum absolute atomic E-state index is 11.4. The Morgan fingerprint density at radius 2 is 1.82 bits per heavy atom. The highest BCUT2D eigenvalue weighted by atomic mass is 16.4. The predicted octanol–water partition coefficient (Wildman–Crippen LogP) is 3.99. The molecule has 17 heavy (non-hydrogen) atoms. The smallest absolute Gasteiger partial charge is 0.310 e. The summed E-state index contributed by atoms with van der Waals surface area (Å²) in [5.74, 6) is -0.567. The third-order valence-electron chi connectivity index (χ3n) is 3.59. The first-order chi connectivity index (χ1) is 8.10. The summed E-state index contributed by atoms with van der Waals surface area (Å²) < 4.78 is 0. The quantitative estimate of drug-likeness (QED) is 0.808. The number of carboxylic acids is 1. The molecule has 0 amide bonds. The summed E-state index contributed by atoms with van der Waals surface area (Å²) in [4.78, 5) is 11.4. The van der Waals surface area contributed by atoms with Crippen LogP contribution in [0.15, 0.2) is 24.3 Å². The van der Waals surface area contributed by atoms with Crippen molar-refractivity contribution in [3.8, 4) is 0 Å². The molecule has 0 aliphatic heterocycles. The summed E-state index contributed by atoms with van der Waals surface area (Å²) in [7, 11) is 0. The Morgan fingerprint density at radius 1 is 1.24 bits per heavy atom. The molecule has 0 saturated carbocycles. The van der Waals surface area contributed by atoms with Crippen molar-refractivity contribution < 1.29 is 9.90 Å². The van der Waals surface area contributed by atoms with Gasteiger partial charge in [-0.05, 0) is 30.4 Å². The van der Waals surface area contributed by atoms with E-state index in [9.17, 15) is 9.90 Å². The maximum atomic E-state index is 11.4. The molecule has 0 spiro atoms. The van der Waals surface area contributed by atoms with Crippen LogP contribution >= 0.6 is 0 Å². The number of rotatable bonds is 6. The normalized spacial score (nSPS) is 12.7. The highest BCUT2D eigenvalue weighted by molar-refractivity contribution is 5.76. The molecule has 0 radical (unpaired) electrons. The van der Waals surface area contributed by atoms with E-state index in [0.717, 1.165) is 30.4 Å². The van der Waals surface area contributed by atoms with Crippen LogP contribution in [0.2, 0.25) is 0 Å². The molecule has 0 fully saturated rings. The van der Waals surface area contributed by atoms with Crippen molar-refractivity contribution in [2.24, 2.45) is 5.92 Å². The van der Waals surface area contributed by atoms with Crippen molar-refractivity contribution in [2.45, 2.75) is 46.0 Å². The van der Waals surface area contributed by atoms with Gasteiger partial charge in [0.05, 0.1) is 5.92 Å². The zero-order chi connectivity index (χ0) is 12.8. The summed E-state index contributed by atoms with van der Waals surface area (Å²) in [6.07, 6.45) is 2.84. The molecule has 2 heteroatoms. The minimum Gasteiger partial charge on any atom is -0.481 e. The molecular formula is C15H22O2. The third kappa shape index (κ3) is 3.58. The lowest BCUT2D eigenvalue weighted by Gasteiger charge is -2.20. The van der Waals surface area contributed by atoms with Gasteiger partial charge in [-0.25, -0.2) is 0 Å². The second kappa shape index (κ2) is 6.43. The monoisotopic (exact) mass is 234 g/mol. The Kier molecular flexibility index (Phi) is 5.20. The van der Waals surface area contributed by atoms with E-state index in [4.69, 9.17) is 0 Å². The second-order valence-corrected chi connectivity index (χ2v) is 4.67. The average molecular weight is 234 g/mol. The lowest BCUT2D eigenvalue weighted by molar-refractivity contribution is -0.139. The van der Waals surface area contributed by atoms with Gasteiger partial charge in [-0.15, -0.1) is 0 Å². The van der Waals surface area contributed by atoms with Crippen LogP contribution in [0, 0.1) is 12.8 Å². The largest absolute Gasteiger partial charge is 0.481 e. The minimum absolute atomic E-state index is 0.360. The van der Waals surface area contributed by atoms with Crippen molar-refractivity contribution in [1.82, 2.24) is 0 Å². The van der Waals surface area contributed by atoms with Gasteiger partial charge in [-0.1, -0.05) is 51.0 Å². The highest BCUT2D eigenvalue weighted by Gasteiger charge is 2.23. The summed E-state index contributed by atoms with van der Waals surface area (Å²) in [6, 6.07) is 7.80. The van der Waals surface area contributed by atoms with E-state index in [1.807, 2.05) is 31.2 Å². The van der Waals surface area contributed by atoms with E-state index in [-0.39, 0.29) is 5.92 Å². The maximum Gasteiger partial charge on any atom is 0.310 e. The Morgan fingerprint density at radius 3 is 2.29 bits per heavy atom. The minimum atomic E-state index is -0.703. The van der Waals surface area contributed by atoms with Gasteiger partial charge in [0.15, 0.2) is 0 Å². The van der Waals surface area contributed by atoms with Crippen molar-refractivity contribution in [3.63, 3.8) is 0 Å². The number of aryl methyl sites for hydroxylation is 1. The lowest BCUT2D eigenvalue weighted by atomic mass is 9.84. The number of aliphatic carboxylic acids is 1. The van der Waals surface area contributed by atoms with Gasteiger partial charge in [0, 0.05) is 0 Å². The van der Waals surface area contributed by atoms with Crippen LogP contribution in [0.3, 0.4) is 0 Å². The van der Waals surface area contributed by atoms with Crippen LogP contribution < -0.4 is 0 Å². The molecule has 1 atom stereocenters. The Labute approximate surface area is 104 Å². The van der Waals surface area contributed by atoms with Gasteiger partial charge in [-0.3, -0.25) is 4.79 Å². The molecule has 0 aliphatic rings. The second-order valence-electron chi connectivity index (χ2n) is 4.67. The molecule has 1 aromatic carbocycles. The van der Waals surface area contributed by atoms with Gasteiger partial charge in [0.25, 0.3) is 0 Å². The van der Waals surface area contributed by atoms with Crippen molar-refractivity contribution in [2.75, 3.05) is 0 Å². The van der Waals surface area contributed by atoms with Crippen LogP contribution in [0.5, 0.6) is 0 Å². The Bertz CT molecular complexity index is 367. The molecule has 1 N–H and O–H groups in total. The first kappa shape index (κ1) is 13.8. The van der Waals surface area contributed by atoms with E-state index in [1.54, 1.807) is 0 Å². The van der Waals surface area contributed by atoms with E-state index < -0.39 is 5.97 Å². The van der Waals surface area contributed by atoms with Crippen LogP contribution in [0.1, 0.15) is 50.2 Å². The number of hydrogen-bond donors (Lipinski definition) is 1. The summed E-state index contributed by atoms with van der Waals surface area (Å²) >= 11 is 0. The number of hydrogen-bond acceptors (Lipinski definition) is 1. The first-order valence-electron chi connectivity index (χ1n) is 6.38. The predicted molar refractivity (Wildman–Crippen MR) is 70.2 cm³/mol. The van der Waals surface area contributed by atoms with Gasteiger partial charge in [0.2, 0.25) is 0 Å². The molecule has 0 bridgehead atoms. The molecule has 0 heterocycles. The number of carboxylic acid groups (broad SMARTS) is 1. The summed E-state index contributed by atoms with van der Waals surface area (Å²) in [5.41, 5.74) is 2.04. The molecule has 94 valence electrons. The van der Waals surface area contributed by atoms with Crippen LogP contribution in [-0.4, -0.2) is 11.1 Å². The fourth-order valence-corrected chi connectivity index (χ4v) is 2.29. The molecule has 1 rings (SSSR count). The fraction of sp³-hybridized carbons (Fsp3) is 0.533. The number of benzene rings is 1. The average Bonchev–Trinajstić information content (AvgIpc) is 2.32. The number of carbonyl (C=O) groups is 1.